The summed E-state index contributed by atoms with van der Waals surface area (Å²) < 4.78 is 5.59. The molecule has 5 rings (SSSR count). The largest absolute Gasteiger partial charge is 0.494 e. The van der Waals surface area contributed by atoms with Gasteiger partial charge in [0.25, 0.3) is 11.6 Å². The Balaban J connectivity index is 1.54. The number of hydroxylamine groups is 1. The number of imide groups is 1. The van der Waals surface area contributed by atoms with Crippen molar-refractivity contribution in [1.29, 1.82) is 0 Å². The zero-order valence-electron chi connectivity index (χ0n) is 19.2. The van der Waals surface area contributed by atoms with E-state index in [1.54, 1.807) is 54.6 Å². The lowest BCUT2D eigenvalue weighted by molar-refractivity contribution is -0.384. The number of amides is 2. The predicted octanol–water partition coefficient (Wildman–Crippen LogP) is 5.09. The van der Waals surface area contributed by atoms with Crippen molar-refractivity contribution in [2.24, 2.45) is 5.92 Å². The van der Waals surface area contributed by atoms with Gasteiger partial charge in [0, 0.05) is 6.07 Å². The number of hydrogen-bond donors (Lipinski definition) is 0. The molecule has 2 aliphatic heterocycles. The molecule has 0 saturated carbocycles. The minimum atomic E-state index is -1.09. The highest BCUT2D eigenvalue weighted by atomic mass is 35.5. The van der Waals surface area contributed by atoms with Gasteiger partial charge in [-0.05, 0) is 54.4 Å². The topological polar surface area (TPSA) is 102 Å². The van der Waals surface area contributed by atoms with Gasteiger partial charge in [-0.2, -0.15) is 0 Å². The van der Waals surface area contributed by atoms with Gasteiger partial charge < -0.3 is 4.74 Å². The standard InChI is InChI=1S/C26H22ClN3O6/c1-2-14-35-19-11-9-17(10-12-19)28-25(31)22-23(16-8-13-20(27)21(15-16)30(33)34)29(36-24(22)26(28)32)18-6-4-3-5-7-18/h3-13,15,22-24H,2,14H2,1H3. The van der Waals surface area contributed by atoms with Gasteiger partial charge in [-0.1, -0.05) is 42.8 Å². The molecule has 0 N–H and O–H groups in total. The minimum Gasteiger partial charge on any atom is -0.494 e. The first-order valence-corrected chi connectivity index (χ1v) is 11.8. The molecule has 2 amide bonds. The number of para-hydroxylation sites is 1. The SMILES string of the molecule is CCCOc1ccc(N2C(=O)C3ON(c4ccccc4)C(c4ccc(Cl)c([N+](=O)[O-])c4)C3C2=O)cc1. The molecule has 3 aromatic rings. The Morgan fingerprint density at radius 3 is 2.39 bits per heavy atom. The van der Waals surface area contributed by atoms with Crippen molar-refractivity contribution in [3.05, 3.63) is 93.5 Å². The van der Waals surface area contributed by atoms with Gasteiger partial charge >= 0.3 is 0 Å². The molecule has 2 heterocycles. The summed E-state index contributed by atoms with van der Waals surface area (Å²) in [5.74, 6) is -1.24. The summed E-state index contributed by atoms with van der Waals surface area (Å²) in [6.45, 7) is 2.56. The van der Waals surface area contributed by atoms with Crippen molar-refractivity contribution < 1.29 is 24.1 Å². The van der Waals surface area contributed by atoms with E-state index in [1.165, 1.54) is 17.2 Å². The second-order valence-electron chi connectivity index (χ2n) is 8.48. The third-order valence-electron chi connectivity index (χ3n) is 6.20. The number of anilines is 2. The maximum absolute atomic E-state index is 13.7. The number of nitro groups is 1. The van der Waals surface area contributed by atoms with Crippen LogP contribution in [-0.4, -0.2) is 29.4 Å². The number of halogens is 1. The Morgan fingerprint density at radius 1 is 1.00 bits per heavy atom. The van der Waals surface area contributed by atoms with Crippen LogP contribution in [0, 0.1) is 16.0 Å². The average molecular weight is 508 g/mol. The zero-order chi connectivity index (χ0) is 25.4. The van der Waals surface area contributed by atoms with Crippen LogP contribution in [0.15, 0.2) is 72.8 Å². The molecule has 9 nitrogen and oxygen atoms in total. The number of benzene rings is 3. The Labute approximate surface area is 211 Å². The first kappa shape index (κ1) is 23.8. The van der Waals surface area contributed by atoms with E-state index in [4.69, 9.17) is 21.2 Å². The summed E-state index contributed by atoms with van der Waals surface area (Å²) >= 11 is 6.04. The van der Waals surface area contributed by atoms with Gasteiger partial charge in [0.15, 0.2) is 6.10 Å². The van der Waals surface area contributed by atoms with Crippen LogP contribution < -0.4 is 14.7 Å². The number of carbonyl (C=O) groups excluding carboxylic acids is 2. The number of nitrogens with zero attached hydrogens (tertiary/aromatic N) is 3. The van der Waals surface area contributed by atoms with Crippen LogP contribution >= 0.6 is 11.6 Å². The van der Waals surface area contributed by atoms with Crippen molar-refractivity contribution in [3.8, 4) is 5.75 Å². The Hall–Kier alpha value is -3.95. The van der Waals surface area contributed by atoms with E-state index in [0.29, 0.717) is 29.3 Å². The Morgan fingerprint density at radius 2 is 1.72 bits per heavy atom. The molecular weight excluding hydrogens is 486 g/mol. The van der Waals surface area contributed by atoms with Crippen LogP contribution in [-0.2, 0) is 14.4 Å². The molecule has 3 aromatic carbocycles. The van der Waals surface area contributed by atoms with Gasteiger partial charge in [-0.25, -0.2) is 9.96 Å². The normalized spacial score (nSPS) is 21.1. The third kappa shape index (κ3) is 4.06. The van der Waals surface area contributed by atoms with Gasteiger partial charge in [0.1, 0.15) is 16.7 Å². The van der Waals surface area contributed by atoms with E-state index in [1.807, 2.05) is 13.0 Å². The minimum absolute atomic E-state index is 0.0219. The first-order chi connectivity index (χ1) is 17.4. The van der Waals surface area contributed by atoms with Crippen LogP contribution in [0.4, 0.5) is 17.1 Å². The molecule has 0 aliphatic carbocycles. The maximum Gasteiger partial charge on any atom is 0.288 e. The van der Waals surface area contributed by atoms with Crippen LogP contribution in [0.5, 0.6) is 5.75 Å². The number of hydrogen-bond acceptors (Lipinski definition) is 7. The van der Waals surface area contributed by atoms with Gasteiger partial charge in [-0.15, -0.1) is 0 Å². The van der Waals surface area contributed by atoms with E-state index in [0.717, 1.165) is 11.3 Å². The molecular formula is C26H22ClN3O6. The van der Waals surface area contributed by atoms with E-state index in [9.17, 15) is 19.7 Å². The molecule has 2 saturated heterocycles. The average Bonchev–Trinajstić information content (AvgIpc) is 3.39. The Kier molecular flexibility index (Phi) is 6.34. The fourth-order valence-corrected chi connectivity index (χ4v) is 4.76. The molecule has 3 atom stereocenters. The fraction of sp³-hybridized carbons (Fsp3) is 0.231. The molecule has 2 fully saturated rings. The van der Waals surface area contributed by atoms with Crippen LogP contribution in [0.2, 0.25) is 5.02 Å². The number of carbonyl (C=O) groups is 2. The highest BCUT2D eigenvalue weighted by Crippen LogP contribution is 2.48. The van der Waals surface area contributed by atoms with Crippen LogP contribution in [0.1, 0.15) is 24.9 Å². The van der Waals surface area contributed by atoms with Gasteiger partial charge in [0.2, 0.25) is 5.91 Å². The summed E-state index contributed by atoms with van der Waals surface area (Å²) in [6, 6.07) is 19.3. The first-order valence-electron chi connectivity index (χ1n) is 11.5. The highest BCUT2D eigenvalue weighted by molar-refractivity contribution is 6.32. The number of ether oxygens (including phenoxy) is 1. The zero-order valence-corrected chi connectivity index (χ0v) is 20.0. The molecule has 2 aliphatic rings. The summed E-state index contributed by atoms with van der Waals surface area (Å²) in [5.41, 5.74) is 1.16. The van der Waals surface area contributed by atoms with Crippen molar-refractivity contribution in [3.63, 3.8) is 0 Å². The summed E-state index contributed by atoms with van der Waals surface area (Å²) in [4.78, 5) is 45.3. The molecule has 184 valence electrons. The molecule has 0 bridgehead atoms. The highest BCUT2D eigenvalue weighted by Gasteiger charge is 2.60. The molecule has 10 heteroatoms. The molecule has 3 unspecified atom stereocenters. The summed E-state index contributed by atoms with van der Waals surface area (Å²) in [7, 11) is 0. The van der Waals surface area contributed by atoms with Crippen molar-refractivity contribution in [1.82, 2.24) is 0 Å². The number of rotatable bonds is 7. The summed E-state index contributed by atoms with van der Waals surface area (Å²) in [5, 5.41) is 13.0. The van der Waals surface area contributed by atoms with E-state index in [2.05, 4.69) is 0 Å². The van der Waals surface area contributed by atoms with E-state index in [-0.39, 0.29) is 10.7 Å². The third-order valence-corrected chi connectivity index (χ3v) is 6.52. The second-order valence-corrected chi connectivity index (χ2v) is 8.89. The van der Waals surface area contributed by atoms with Crippen LogP contribution in [0.25, 0.3) is 0 Å². The maximum atomic E-state index is 13.7. The predicted molar refractivity (Wildman–Crippen MR) is 133 cm³/mol. The van der Waals surface area contributed by atoms with Crippen molar-refractivity contribution >= 4 is 40.5 Å². The fourth-order valence-electron chi connectivity index (χ4n) is 4.57. The van der Waals surface area contributed by atoms with Crippen molar-refractivity contribution in [2.45, 2.75) is 25.5 Å². The second kappa shape index (κ2) is 9.60. The molecule has 0 radical (unpaired) electrons. The lowest BCUT2D eigenvalue weighted by Gasteiger charge is -2.28. The molecule has 36 heavy (non-hydrogen) atoms. The lowest BCUT2D eigenvalue weighted by atomic mass is 9.90. The van der Waals surface area contributed by atoms with Gasteiger partial charge in [0.05, 0.1) is 28.9 Å². The quantitative estimate of drug-likeness (QED) is 0.249. The smallest absolute Gasteiger partial charge is 0.288 e. The van der Waals surface area contributed by atoms with E-state index < -0.39 is 34.8 Å². The molecule has 0 spiro atoms. The summed E-state index contributed by atoms with van der Waals surface area (Å²) in [6.07, 6.45) is -0.235. The van der Waals surface area contributed by atoms with Crippen LogP contribution in [0.3, 0.4) is 0 Å². The molecule has 0 aromatic heterocycles. The van der Waals surface area contributed by atoms with Crippen molar-refractivity contribution in [2.75, 3.05) is 16.6 Å². The lowest BCUT2D eigenvalue weighted by Crippen LogP contribution is -2.37. The number of nitro benzene ring substituents is 1. The number of fused-ring (bicyclic) bond motifs is 1. The van der Waals surface area contributed by atoms with E-state index >= 15 is 0 Å². The van der Waals surface area contributed by atoms with Gasteiger partial charge in [-0.3, -0.25) is 24.5 Å². The monoisotopic (exact) mass is 507 g/mol. The Bertz CT molecular complexity index is 1320.